The lowest BCUT2D eigenvalue weighted by Crippen LogP contribution is -2.72. The van der Waals surface area contributed by atoms with Crippen molar-refractivity contribution < 1.29 is 4.79 Å². The Kier molecular flexibility index (Phi) is 3.12. The molecule has 138 valence electrons. The monoisotopic (exact) mass is 385 g/mol. The van der Waals surface area contributed by atoms with Gasteiger partial charge in [0.25, 0.3) is 11.5 Å². The molecule has 9 nitrogen and oxygen atoms in total. The zero-order valence-corrected chi connectivity index (χ0v) is 15.2. The SMILES string of the molecule is CN1n2c(c(Cl)cc(-n3ccc4c(N)ncnc43)c2=O)C(=O)NC12CCC2. The normalized spacial score (nSPS) is 17.7. The van der Waals surface area contributed by atoms with Crippen LogP contribution >= 0.6 is 11.6 Å². The van der Waals surface area contributed by atoms with E-state index in [-0.39, 0.29) is 27.9 Å². The minimum Gasteiger partial charge on any atom is -0.383 e. The van der Waals surface area contributed by atoms with Gasteiger partial charge in [-0.15, -0.1) is 0 Å². The second kappa shape index (κ2) is 5.23. The molecule has 3 N–H and O–H groups in total. The smallest absolute Gasteiger partial charge is 0.294 e. The number of carbonyl (C=O) groups excluding carboxylic acids is 1. The van der Waals surface area contributed by atoms with Crippen LogP contribution in [0.4, 0.5) is 5.82 Å². The van der Waals surface area contributed by atoms with Gasteiger partial charge in [-0.05, 0) is 31.4 Å². The van der Waals surface area contributed by atoms with Crippen molar-refractivity contribution in [2.75, 3.05) is 17.8 Å². The lowest BCUT2D eigenvalue weighted by molar-refractivity contribution is 0.0699. The topological polar surface area (TPSA) is 111 Å². The van der Waals surface area contributed by atoms with Crippen LogP contribution in [0.2, 0.25) is 5.02 Å². The number of fused-ring (bicyclic) bond motifs is 2. The number of anilines is 1. The highest BCUT2D eigenvalue weighted by molar-refractivity contribution is 6.33. The van der Waals surface area contributed by atoms with E-state index >= 15 is 0 Å². The Morgan fingerprint density at radius 1 is 1.30 bits per heavy atom. The third kappa shape index (κ3) is 2.00. The summed E-state index contributed by atoms with van der Waals surface area (Å²) in [5.41, 5.74) is 5.92. The summed E-state index contributed by atoms with van der Waals surface area (Å²) >= 11 is 6.42. The number of hydrogen-bond donors (Lipinski definition) is 2. The summed E-state index contributed by atoms with van der Waals surface area (Å²) in [6.45, 7) is 0. The molecule has 1 amide bonds. The van der Waals surface area contributed by atoms with Gasteiger partial charge in [0, 0.05) is 13.2 Å². The van der Waals surface area contributed by atoms with Gasteiger partial charge < -0.3 is 11.1 Å². The molecule has 3 aromatic heterocycles. The molecule has 3 aromatic rings. The first kappa shape index (κ1) is 16.1. The first-order chi connectivity index (χ1) is 12.9. The second-order valence-corrected chi connectivity index (χ2v) is 7.30. The molecular weight excluding hydrogens is 370 g/mol. The van der Waals surface area contributed by atoms with Gasteiger partial charge in [0.05, 0.1) is 10.4 Å². The van der Waals surface area contributed by atoms with Crippen molar-refractivity contribution in [1.82, 2.24) is 24.5 Å². The standard InChI is InChI=1S/C17H16ClN7O2/c1-23-17(4-2-5-17)22-15(26)12-10(18)7-11(16(27)25(12)23)24-6-3-9-13(19)20-8-21-14(9)24/h3,6-8H,2,4-5H2,1H3,(H,22,26)(H2,19,20,21). The zero-order valence-electron chi connectivity index (χ0n) is 14.4. The molecule has 1 spiro atoms. The highest BCUT2D eigenvalue weighted by Crippen LogP contribution is 2.37. The van der Waals surface area contributed by atoms with Crippen molar-refractivity contribution in [1.29, 1.82) is 0 Å². The predicted molar refractivity (Wildman–Crippen MR) is 101 cm³/mol. The third-order valence-corrected chi connectivity index (χ3v) is 5.83. The van der Waals surface area contributed by atoms with Crippen molar-refractivity contribution >= 4 is 34.4 Å². The Labute approximate surface area is 158 Å². The van der Waals surface area contributed by atoms with Gasteiger partial charge in [-0.2, -0.15) is 0 Å². The van der Waals surface area contributed by atoms with E-state index in [0.29, 0.717) is 16.9 Å². The lowest BCUT2D eigenvalue weighted by Gasteiger charge is -2.53. The number of rotatable bonds is 1. The largest absolute Gasteiger partial charge is 0.383 e. The summed E-state index contributed by atoms with van der Waals surface area (Å²) in [6.07, 6.45) is 5.57. The van der Waals surface area contributed by atoms with Crippen LogP contribution in [0.1, 0.15) is 29.8 Å². The summed E-state index contributed by atoms with van der Waals surface area (Å²) in [5, 5.41) is 5.59. The van der Waals surface area contributed by atoms with Crippen molar-refractivity contribution in [2.24, 2.45) is 0 Å². The molecule has 1 aliphatic heterocycles. The first-order valence-corrected chi connectivity index (χ1v) is 8.91. The maximum absolute atomic E-state index is 13.4. The molecule has 0 atom stereocenters. The number of amides is 1. The van der Waals surface area contributed by atoms with Crippen LogP contribution < -0.4 is 21.6 Å². The van der Waals surface area contributed by atoms with Gasteiger partial charge in [0.1, 0.15) is 34.8 Å². The van der Waals surface area contributed by atoms with Crippen LogP contribution in [0.3, 0.4) is 0 Å². The van der Waals surface area contributed by atoms with E-state index < -0.39 is 5.66 Å². The molecule has 0 saturated heterocycles. The fourth-order valence-electron chi connectivity index (χ4n) is 3.89. The first-order valence-electron chi connectivity index (χ1n) is 8.53. The van der Waals surface area contributed by atoms with Crippen LogP contribution in [-0.2, 0) is 0 Å². The number of carbonyl (C=O) groups is 1. The van der Waals surface area contributed by atoms with Crippen LogP contribution in [0.15, 0.2) is 29.5 Å². The number of nitrogens with zero attached hydrogens (tertiary/aromatic N) is 5. The molecule has 0 bridgehead atoms. The lowest BCUT2D eigenvalue weighted by atomic mass is 9.83. The van der Waals surface area contributed by atoms with Gasteiger partial charge in [0.15, 0.2) is 0 Å². The molecular formula is C17H16ClN7O2. The van der Waals surface area contributed by atoms with Gasteiger partial charge in [0.2, 0.25) is 0 Å². The highest BCUT2D eigenvalue weighted by atomic mass is 35.5. The fourth-order valence-corrected chi connectivity index (χ4v) is 4.16. The number of nitrogens with one attached hydrogen (secondary N) is 1. The molecule has 10 heteroatoms. The molecule has 0 unspecified atom stereocenters. The van der Waals surface area contributed by atoms with Crippen LogP contribution in [0, 0.1) is 0 Å². The minimum absolute atomic E-state index is 0.135. The van der Waals surface area contributed by atoms with Gasteiger partial charge >= 0.3 is 0 Å². The van der Waals surface area contributed by atoms with Crippen molar-refractivity contribution in [2.45, 2.75) is 24.9 Å². The number of hydrogen-bond acceptors (Lipinski definition) is 6. The van der Waals surface area contributed by atoms with Crippen molar-refractivity contribution in [3.63, 3.8) is 0 Å². The highest BCUT2D eigenvalue weighted by Gasteiger charge is 2.48. The number of aromatic nitrogens is 4. The summed E-state index contributed by atoms with van der Waals surface area (Å²) in [5.74, 6) is -0.0155. The van der Waals surface area contributed by atoms with Gasteiger partial charge in [-0.25, -0.2) is 14.6 Å². The summed E-state index contributed by atoms with van der Waals surface area (Å²) in [6, 6.07) is 3.23. The Balaban J connectivity index is 1.79. The van der Waals surface area contributed by atoms with Gasteiger partial charge in [-0.1, -0.05) is 11.6 Å². The van der Waals surface area contributed by atoms with Gasteiger partial charge in [-0.3, -0.25) is 19.2 Å². The van der Waals surface area contributed by atoms with E-state index in [1.165, 1.54) is 17.1 Å². The Bertz CT molecular complexity index is 1180. The summed E-state index contributed by atoms with van der Waals surface area (Å²) < 4.78 is 2.98. The number of halogens is 1. The third-order valence-electron chi connectivity index (χ3n) is 5.55. The van der Waals surface area contributed by atoms with E-state index in [9.17, 15) is 9.59 Å². The molecule has 1 saturated carbocycles. The number of nitrogens with two attached hydrogens (primary N) is 1. The van der Waals surface area contributed by atoms with E-state index in [0.717, 1.165) is 19.3 Å². The van der Waals surface area contributed by atoms with E-state index in [1.807, 2.05) is 0 Å². The van der Waals surface area contributed by atoms with E-state index in [2.05, 4.69) is 15.3 Å². The molecule has 27 heavy (non-hydrogen) atoms. The molecule has 1 fully saturated rings. The number of pyridine rings is 1. The average molecular weight is 386 g/mol. The summed E-state index contributed by atoms with van der Waals surface area (Å²) in [7, 11) is 1.79. The quantitative estimate of drug-likeness (QED) is 0.646. The fraction of sp³-hybridized carbons (Fsp3) is 0.294. The van der Waals surface area contributed by atoms with Crippen LogP contribution in [-0.4, -0.2) is 37.8 Å². The van der Waals surface area contributed by atoms with E-state index in [1.54, 1.807) is 28.9 Å². The van der Waals surface area contributed by atoms with E-state index in [4.69, 9.17) is 17.3 Å². The minimum atomic E-state index is -0.540. The Morgan fingerprint density at radius 2 is 2.07 bits per heavy atom. The maximum Gasteiger partial charge on any atom is 0.294 e. The molecule has 5 rings (SSSR count). The molecule has 0 radical (unpaired) electrons. The van der Waals surface area contributed by atoms with Crippen molar-refractivity contribution in [3.05, 3.63) is 45.7 Å². The van der Waals surface area contributed by atoms with Crippen LogP contribution in [0.5, 0.6) is 0 Å². The summed E-state index contributed by atoms with van der Waals surface area (Å²) in [4.78, 5) is 34.2. The maximum atomic E-state index is 13.4. The molecule has 2 aliphatic rings. The molecule has 0 aromatic carbocycles. The Morgan fingerprint density at radius 3 is 2.78 bits per heavy atom. The number of nitrogen functional groups attached to an aromatic ring is 1. The second-order valence-electron chi connectivity index (χ2n) is 6.89. The molecule has 4 heterocycles. The van der Waals surface area contributed by atoms with Crippen LogP contribution in [0.25, 0.3) is 16.7 Å². The average Bonchev–Trinajstić information content (AvgIpc) is 3.03. The van der Waals surface area contributed by atoms with Crippen molar-refractivity contribution in [3.8, 4) is 5.69 Å². The molecule has 1 aliphatic carbocycles. The Hall–Kier alpha value is -3.07. The predicted octanol–water partition coefficient (Wildman–Crippen LogP) is 1.01. The zero-order chi connectivity index (χ0) is 18.9.